The number of carbonyl (C=O) groups excluding carboxylic acids is 1. The van der Waals surface area contributed by atoms with Gasteiger partial charge in [0, 0.05) is 15.7 Å². The van der Waals surface area contributed by atoms with Crippen molar-refractivity contribution in [3.05, 3.63) is 28.2 Å². The molecule has 0 atom stereocenters. The molecule has 0 fully saturated rings. The second kappa shape index (κ2) is 6.26. The summed E-state index contributed by atoms with van der Waals surface area (Å²) < 4.78 is 0.885. The first-order valence-electron chi connectivity index (χ1n) is 6.18. The van der Waals surface area contributed by atoms with E-state index >= 15 is 0 Å². The van der Waals surface area contributed by atoms with Crippen molar-refractivity contribution in [1.29, 1.82) is 0 Å². The molecule has 0 bridgehead atoms. The standard InChI is InChI=1S/C14H19BrN2O3/c1-9-10(15)6-5-7-11(9)16-13(20)17(8-12(18)19)14(2,3)4/h5-7H,8H2,1-4H3,(H,16,20)(H,18,19). The summed E-state index contributed by atoms with van der Waals surface area (Å²) in [6.07, 6.45) is 0. The highest BCUT2D eigenvalue weighted by molar-refractivity contribution is 9.10. The van der Waals surface area contributed by atoms with Crippen molar-refractivity contribution in [1.82, 2.24) is 4.90 Å². The van der Waals surface area contributed by atoms with Gasteiger partial charge in [-0.3, -0.25) is 4.79 Å². The molecule has 0 aromatic heterocycles. The number of hydrogen-bond donors (Lipinski definition) is 2. The van der Waals surface area contributed by atoms with Crippen LogP contribution in [0, 0.1) is 6.92 Å². The van der Waals surface area contributed by atoms with Gasteiger partial charge in [-0.15, -0.1) is 0 Å². The molecule has 110 valence electrons. The lowest BCUT2D eigenvalue weighted by Gasteiger charge is -2.34. The second-order valence-corrected chi connectivity index (χ2v) is 6.35. The maximum atomic E-state index is 12.3. The predicted octanol–water partition coefficient (Wildman–Crippen LogP) is 3.47. The molecule has 0 aliphatic heterocycles. The maximum absolute atomic E-state index is 12.3. The van der Waals surface area contributed by atoms with Gasteiger partial charge in [-0.25, -0.2) is 4.79 Å². The number of nitrogens with one attached hydrogen (secondary N) is 1. The van der Waals surface area contributed by atoms with E-state index in [9.17, 15) is 9.59 Å². The molecule has 0 aliphatic rings. The van der Waals surface area contributed by atoms with E-state index in [0.717, 1.165) is 10.0 Å². The van der Waals surface area contributed by atoms with Gasteiger partial charge >= 0.3 is 12.0 Å². The van der Waals surface area contributed by atoms with E-state index in [1.165, 1.54) is 4.90 Å². The van der Waals surface area contributed by atoms with Crippen LogP contribution in [0.3, 0.4) is 0 Å². The normalized spacial score (nSPS) is 11.1. The summed E-state index contributed by atoms with van der Waals surface area (Å²) >= 11 is 3.39. The fourth-order valence-corrected chi connectivity index (χ4v) is 2.04. The molecule has 1 aromatic carbocycles. The van der Waals surface area contributed by atoms with Crippen LogP contribution in [0.4, 0.5) is 10.5 Å². The van der Waals surface area contributed by atoms with Crippen molar-refractivity contribution in [2.45, 2.75) is 33.2 Å². The number of halogens is 1. The largest absolute Gasteiger partial charge is 0.480 e. The lowest BCUT2D eigenvalue weighted by molar-refractivity contribution is -0.138. The van der Waals surface area contributed by atoms with Crippen molar-refractivity contribution in [2.24, 2.45) is 0 Å². The number of nitrogens with zero attached hydrogens (tertiary/aromatic N) is 1. The van der Waals surface area contributed by atoms with Crippen LogP contribution in [0.1, 0.15) is 26.3 Å². The molecule has 0 radical (unpaired) electrons. The minimum atomic E-state index is -1.04. The Hall–Kier alpha value is -1.56. The van der Waals surface area contributed by atoms with Crippen LogP contribution in [-0.4, -0.2) is 34.1 Å². The van der Waals surface area contributed by atoms with Crippen molar-refractivity contribution in [3.8, 4) is 0 Å². The third-order valence-electron chi connectivity index (χ3n) is 2.86. The number of aliphatic carboxylic acids is 1. The number of benzene rings is 1. The van der Waals surface area contributed by atoms with Gasteiger partial charge in [0.2, 0.25) is 0 Å². The Balaban J connectivity index is 2.97. The Labute approximate surface area is 127 Å². The van der Waals surface area contributed by atoms with Crippen LogP contribution in [0.25, 0.3) is 0 Å². The van der Waals surface area contributed by atoms with Gasteiger partial charge in [0.1, 0.15) is 6.54 Å². The molecule has 6 heteroatoms. The molecule has 20 heavy (non-hydrogen) atoms. The fourth-order valence-electron chi connectivity index (χ4n) is 1.67. The number of rotatable bonds is 3. The van der Waals surface area contributed by atoms with E-state index in [2.05, 4.69) is 21.2 Å². The SMILES string of the molecule is Cc1c(Br)cccc1NC(=O)N(CC(=O)O)C(C)(C)C. The Morgan fingerprint density at radius 3 is 2.45 bits per heavy atom. The van der Waals surface area contributed by atoms with E-state index < -0.39 is 17.5 Å². The second-order valence-electron chi connectivity index (χ2n) is 5.49. The number of urea groups is 1. The molecule has 2 N–H and O–H groups in total. The van der Waals surface area contributed by atoms with Crippen molar-refractivity contribution in [2.75, 3.05) is 11.9 Å². The summed E-state index contributed by atoms with van der Waals surface area (Å²) in [6, 6.07) is 5.04. The summed E-state index contributed by atoms with van der Waals surface area (Å²) in [5.41, 5.74) is 0.969. The van der Waals surface area contributed by atoms with E-state index in [-0.39, 0.29) is 6.54 Å². The first-order chi connectivity index (χ1) is 9.12. The zero-order chi connectivity index (χ0) is 15.5. The van der Waals surface area contributed by atoms with E-state index in [1.54, 1.807) is 26.8 Å². The fraction of sp³-hybridized carbons (Fsp3) is 0.429. The van der Waals surface area contributed by atoms with Gasteiger partial charge in [0.15, 0.2) is 0 Å². The maximum Gasteiger partial charge on any atom is 0.323 e. The van der Waals surface area contributed by atoms with Crippen LogP contribution < -0.4 is 5.32 Å². The first-order valence-corrected chi connectivity index (χ1v) is 6.97. The van der Waals surface area contributed by atoms with Crippen LogP contribution in [-0.2, 0) is 4.79 Å². The number of hydrogen-bond acceptors (Lipinski definition) is 2. The van der Waals surface area contributed by atoms with Crippen LogP contribution in [0.5, 0.6) is 0 Å². The van der Waals surface area contributed by atoms with Gasteiger partial charge in [0.25, 0.3) is 0 Å². The minimum Gasteiger partial charge on any atom is -0.480 e. The lowest BCUT2D eigenvalue weighted by atomic mass is 10.1. The van der Waals surface area contributed by atoms with Gasteiger partial charge in [-0.05, 0) is 45.4 Å². The van der Waals surface area contributed by atoms with Crippen LogP contribution in [0.2, 0.25) is 0 Å². The molecular formula is C14H19BrN2O3. The zero-order valence-corrected chi connectivity index (χ0v) is 13.6. The van der Waals surface area contributed by atoms with Gasteiger partial charge in [-0.2, -0.15) is 0 Å². The Kier molecular flexibility index (Phi) is 5.16. The number of carbonyl (C=O) groups is 2. The highest BCUT2D eigenvalue weighted by Crippen LogP contribution is 2.24. The number of anilines is 1. The molecule has 5 nitrogen and oxygen atoms in total. The molecule has 0 saturated heterocycles. The molecule has 0 spiro atoms. The topological polar surface area (TPSA) is 69.6 Å². The van der Waals surface area contributed by atoms with Crippen molar-refractivity contribution < 1.29 is 14.7 Å². The minimum absolute atomic E-state index is 0.345. The summed E-state index contributed by atoms with van der Waals surface area (Å²) in [5, 5.41) is 11.7. The number of carboxylic acids is 1. The molecule has 0 heterocycles. The lowest BCUT2D eigenvalue weighted by Crippen LogP contribution is -2.50. The summed E-state index contributed by atoms with van der Waals surface area (Å²) in [5.74, 6) is -1.04. The Morgan fingerprint density at radius 1 is 1.35 bits per heavy atom. The number of carboxylic acid groups (broad SMARTS) is 1. The van der Waals surface area contributed by atoms with Crippen LogP contribution in [0.15, 0.2) is 22.7 Å². The Morgan fingerprint density at radius 2 is 1.95 bits per heavy atom. The van der Waals surface area contributed by atoms with E-state index in [0.29, 0.717) is 5.69 Å². The van der Waals surface area contributed by atoms with Crippen molar-refractivity contribution >= 4 is 33.6 Å². The summed E-state index contributed by atoms with van der Waals surface area (Å²) in [7, 11) is 0. The van der Waals surface area contributed by atoms with Gasteiger partial charge in [0.05, 0.1) is 0 Å². The Bertz CT molecular complexity index is 524. The number of amides is 2. The van der Waals surface area contributed by atoms with Gasteiger partial charge < -0.3 is 15.3 Å². The molecule has 1 aromatic rings. The third-order valence-corrected chi connectivity index (χ3v) is 3.72. The molecule has 0 aliphatic carbocycles. The average molecular weight is 343 g/mol. The monoisotopic (exact) mass is 342 g/mol. The molecule has 1 rings (SSSR count). The smallest absolute Gasteiger partial charge is 0.323 e. The summed E-state index contributed by atoms with van der Waals surface area (Å²) in [6.45, 7) is 6.91. The van der Waals surface area contributed by atoms with Crippen LogP contribution >= 0.6 is 15.9 Å². The highest BCUT2D eigenvalue weighted by atomic mass is 79.9. The first kappa shape index (κ1) is 16.5. The molecular weight excluding hydrogens is 324 g/mol. The quantitative estimate of drug-likeness (QED) is 0.883. The van der Waals surface area contributed by atoms with E-state index in [1.807, 2.05) is 19.1 Å². The molecule has 0 unspecified atom stereocenters. The summed E-state index contributed by atoms with van der Waals surface area (Å²) in [4.78, 5) is 24.5. The average Bonchev–Trinajstić information content (AvgIpc) is 2.30. The van der Waals surface area contributed by atoms with Gasteiger partial charge in [-0.1, -0.05) is 22.0 Å². The third kappa shape index (κ3) is 4.23. The zero-order valence-electron chi connectivity index (χ0n) is 12.0. The predicted molar refractivity (Wildman–Crippen MR) is 82.0 cm³/mol. The highest BCUT2D eigenvalue weighted by Gasteiger charge is 2.28. The van der Waals surface area contributed by atoms with Crippen molar-refractivity contribution in [3.63, 3.8) is 0 Å². The molecule has 2 amide bonds. The van der Waals surface area contributed by atoms with E-state index in [4.69, 9.17) is 5.11 Å². The molecule has 0 saturated carbocycles.